The Bertz CT molecular complexity index is 1540. The predicted molar refractivity (Wildman–Crippen MR) is 147 cm³/mol. The quantitative estimate of drug-likeness (QED) is 0.364. The van der Waals surface area contributed by atoms with Crippen LogP contribution in [0.15, 0.2) is 63.5 Å². The topological polar surface area (TPSA) is 88.4 Å². The zero-order valence-electron chi connectivity index (χ0n) is 22.3. The highest BCUT2D eigenvalue weighted by atomic mass is 32.1. The maximum Gasteiger partial charge on any atom is 0.338 e. The second kappa shape index (κ2) is 12.1. The maximum atomic E-state index is 14.0. The normalized spacial score (nSPS) is 15.1. The lowest BCUT2D eigenvalue weighted by atomic mass is 9.93. The van der Waals surface area contributed by atoms with E-state index in [1.807, 2.05) is 56.3 Å². The van der Waals surface area contributed by atoms with Crippen LogP contribution in [0.3, 0.4) is 0 Å². The molecule has 38 heavy (non-hydrogen) atoms. The smallest absolute Gasteiger partial charge is 0.338 e. The van der Waals surface area contributed by atoms with Crippen LogP contribution in [0, 0.1) is 0 Å². The molecule has 1 aromatic heterocycles. The molecule has 0 radical (unpaired) electrons. The van der Waals surface area contributed by atoms with Crippen LogP contribution >= 0.6 is 11.3 Å². The van der Waals surface area contributed by atoms with Gasteiger partial charge in [0.15, 0.2) is 16.3 Å². The number of fused-ring (bicyclic) bond motifs is 1. The van der Waals surface area contributed by atoms with Crippen LogP contribution in [0.5, 0.6) is 17.2 Å². The monoisotopic (exact) mass is 536 g/mol. The van der Waals surface area contributed by atoms with E-state index in [1.54, 1.807) is 31.8 Å². The molecule has 8 nitrogen and oxygen atoms in total. The van der Waals surface area contributed by atoms with Crippen LogP contribution < -0.4 is 29.1 Å². The largest absolute Gasteiger partial charge is 0.496 e. The average molecular weight is 537 g/mol. The molecule has 0 aliphatic carbocycles. The van der Waals surface area contributed by atoms with E-state index in [0.717, 1.165) is 6.42 Å². The highest BCUT2D eigenvalue weighted by Gasteiger charge is 2.35. The molecule has 0 unspecified atom stereocenters. The van der Waals surface area contributed by atoms with Crippen molar-refractivity contribution in [1.29, 1.82) is 0 Å². The van der Waals surface area contributed by atoms with E-state index < -0.39 is 12.0 Å². The molecule has 1 aliphatic rings. The summed E-state index contributed by atoms with van der Waals surface area (Å²) in [5.74, 6) is 1.22. The minimum Gasteiger partial charge on any atom is -0.496 e. The van der Waals surface area contributed by atoms with E-state index in [2.05, 4.69) is 0 Å². The Morgan fingerprint density at radius 3 is 2.45 bits per heavy atom. The second-order valence-corrected chi connectivity index (χ2v) is 9.48. The third kappa shape index (κ3) is 5.11. The van der Waals surface area contributed by atoms with Crippen molar-refractivity contribution in [3.05, 3.63) is 84.5 Å². The average Bonchev–Trinajstić information content (AvgIpc) is 3.23. The van der Waals surface area contributed by atoms with Gasteiger partial charge in [0.2, 0.25) is 0 Å². The van der Waals surface area contributed by atoms with Gasteiger partial charge in [0, 0.05) is 11.1 Å². The van der Waals surface area contributed by atoms with Crippen molar-refractivity contribution in [1.82, 2.24) is 4.57 Å². The van der Waals surface area contributed by atoms with Crippen LogP contribution in [0.2, 0.25) is 0 Å². The third-order valence-corrected chi connectivity index (χ3v) is 7.11. The zero-order chi connectivity index (χ0) is 27.2. The molecule has 3 aromatic rings. The van der Waals surface area contributed by atoms with E-state index in [-0.39, 0.29) is 12.2 Å². The van der Waals surface area contributed by atoms with Gasteiger partial charge in [0.05, 0.1) is 43.2 Å². The molecule has 0 amide bonds. The summed E-state index contributed by atoms with van der Waals surface area (Å²) in [4.78, 5) is 32.7. The Morgan fingerprint density at radius 2 is 1.76 bits per heavy atom. The molecule has 4 rings (SSSR count). The van der Waals surface area contributed by atoms with Crippen molar-refractivity contribution >= 4 is 23.4 Å². The summed E-state index contributed by atoms with van der Waals surface area (Å²) in [6, 6.07) is 12.2. The Kier molecular flexibility index (Phi) is 8.68. The summed E-state index contributed by atoms with van der Waals surface area (Å²) in [5.41, 5.74) is 2.10. The molecule has 2 heterocycles. The molecular weight excluding hydrogens is 504 g/mol. The van der Waals surface area contributed by atoms with Gasteiger partial charge in [-0.25, -0.2) is 9.79 Å². The van der Waals surface area contributed by atoms with Crippen molar-refractivity contribution in [3.63, 3.8) is 0 Å². The van der Waals surface area contributed by atoms with Crippen molar-refractivity contribution in [2.45, 2.75) is 39.7 Å². The third-order valence-electron chi connectivity index (χ3n) is 6.13. The van der Waals surface area contributed by atoms with Crippen LogP contribution in [0.25, 0.3) is 6.08 Å². The lowest BCUT2D eigenvalue weighted by Crippen LogP contribution is -2.40. The Morgan fingerprint density at radius 1 is 1.03 bits per heavy atom. The number of allylic oxidation sites excluding steroid dienone is 1. The van der Waals surface area contributed by atoms with Gasteiger partial charge in [0.1, 0.15) is 11.8 Å². The first-order valence-corrected chi connectivity index (χ1v) is 13.4. The van der Waals surface area contributed by atoms with E-state index in [1.165, 1.54) is 11.3 Å². The van der Waals surface area contributed by atoms with E-state index in [9.17, 15) is 9.59 Å². The molecular formula is C29H32N2O6S. The van der Waals surface area contributed by atoms with Crippen LogP contribution in [0.4, 0.5) is 0 Å². The van der Waals surface area contributed by atoms with Crippen molar-refractivity contribution in [2.24, 2.45) is 4.99 Å². The van der Waals surface area contributed by atoms with Gasteiger partial charge in [-0.3, -0.25) is 9.36 Å². The minimum atomic E-state index is -0.748. The van der Waals surface area contributed by atoms with E-state index >= 15 is 0 Å². The highest BCUT2D eigenvalue weighted by Crippen LogP contribution is 2.37. The number of carbonyl (C=O) groups excluding carboxylic acids is 1. The number of rotatable bonds is 10. The fourth-order valence-electron chi connectivity index (χ4n) is 4.55. The summed E-state index contributed by atoms with van der Waals surface area (Å²) < 4.78 is 24.5. The van der Waals surface area contributed by atoms with Gasteiger partial charge < -0.3 is 18.9 Å². The number of hydrogen-bond donors (Lipinski definition) is 0. The van der Waals surface area contributed by atoms with Gasteiger partial charge in [-0.1, -0.05) is 55.0 Å². The second-order valence-electron chi connectivity index (χ2n) is 8.47. The molecule has 2 aromatic carbocycles. The lowest BCUT2D eigenvalue weighted by molar-refractivity contribution is -0.139. The van der Waals surface area contributed by atoms with Gasteiger partial charge in [-0.05, 0) is 38.5 Å². The van der Waals surface area contributed by atoms with Gasteiger partial charge in [0.25, 0.3) is 5.56 Å². The number of aromatic nitrogens is 1. The number of carbonyl (C=O) groups is 1. The SMILES string of the molecule is CCCC1=C(C(=O)OCC)[C@@H](c2ccccc2OC)n2c(s/c(=C\c3cccc(OC)c3OCC)c2=O)=N1. The Labute approximate surface area is 225 Å². The molecule has 0 N–H and O–H groups in total. The van der Waals surface area contributed by atoms with Gasteiger partial charge >= 0.3 is 5.97 Å². The Hall–Kier alpha value is -3.85. The van der Waals surface area contributed by atoms with Crippen LogP contribution in [-0.4, -0.2) is 38.0 Å². The molecule has 0 saturated carbocycles. The zero-order valence-corrected chi connectivity index (χ0v) is 23.1. The summed E-state index contributed by atoms with van der Waals surface area (Å²) >= 11 is 1.27. The van der Waals surface area contributed by atoms with Crippen molar-refractivity contribution in [3.8, 4) is 17.2 Å². The molecule has 0 fully saturated rings. The van der Waals surface area contributed by atoms with E-state index in [0.29, 0.717) is 62.0 Å². The van der Waals surface area contributed by atoms with Gasteiger partial charge in [-0.15, -0.1) is 0 Å². The molecule has 200 valence electrons. The Balaban J connectivity index is 2.03. The molecule has 0 spiro atoms. The maximum absolute atomic E-state index is 14.0. The van der Waals surface area contributed by atoms with Gasteiger partial charge in [-0.2, -0.15) is 0 Å². The first-order valence-electron chi connectivity index (χ1n) is 12.6. The first-order chi connectivity index (χ1) is 18.5. The van der Waals surface area contributed by atoms with Crippen molar-refractivity contribution < 1.29 is 23.7 Å². The standard InChI is InChI=1S/C29H32N2O6S/c1-6-12-20-24(28(33)37-8-3)25(19-14-9-10-15-21(19)34-4)31-27(32)23(38-29(31)30-20)17-18-13-11-16-22(35-5)26(18)36-7-2/h9-11,13-17,25H,6-8,12H2,1-5H3/b23-17-/t25-/m1/s1. The van der Waals surface area contributed by atoms with Crippen LogP contribution in [0.1, 0.15) is 50.8 Å². The first kappa shape index (κ1) is 27.2. The fraction of sp³-hybridized carbons (Fsp3) is 0.345. The minimum absolute atomic E-state index is 0.209. The number of ether oxygens (including phenoxy) is 4. The molecule has 1 atom stereocenters. The summed E-state index contributed by atoms with van der Waals surface area (Å²) in [5, 5.41) is 0. The molecule has 0 saturated heterocycles. The number of nitrogens with zero attached hydrogens (tertiary/aromatic N) is 2. The van der Waals surface area contributed by atoms with Crippen LogP contribution in [-0.2, 0) is 9.53 Å². The highest BCUT2D eigenvalue weighted by molar-refractivity contribution is 7.07. The number of para-hydroxylation sites is 2. The number of hydrogen-bond acceptors (Lipinski definition) is 8. The molecule has 1 aliphatic heterocycles. The lowest BCUT2D eigenvalue weighted by Gasteiger charge is -2.26. The van der Waals surface area contributed by atoms with Crippen molar-refractivity contribution in [2.75, 3.05) is 27.4 Å². The number of benzene rings is 2. The summed E-state index contributed by atoms with van der Waals surface area (Å²) in [6.07, 6.45) is 3.12. The fourth-order valence-corrected chi connectivity index (χ4v) is 5.57. The predicted octanol–water partition coefficient (Wildman–Crippen LogP) is 3.99. The number of methoxy groups -OCH3 is 2. The summed E-state index contributed by atoms with van der Waals surface area (Å²) in [6.45, 7) is 6.33. The molecule has 0 bridgehead atoms. The number of thiazole rings is 1. The number of esters is 1. The van der Waals surface area contributed by atoms with E-state index in [4.69, 9.17) is 23.9 Å². The summed E-state index contributed by atoms with van der Waals surface area (Å²) in [7, 11) is 3.15. The molecule has 9 heteroatoms.